The second kappa shape index (κ2) is 60.9. The Kier molecular flexibility index (Phi) is 57.8. The third kappa shape index (κ3) is 59.1. The summed E-state index contributed by atoms with van der Waals surface area (Å²) in [5, 5.41) is 0. The zero-order valence-corrected chi connectivity index (χ0v) is 47.9. The van der Waals surface area contributed by atoms with Gasteiger partial charge >= 0.3 is 17.9 Å². The minimum atomic E-state index is -0.834. The van der Waals surface area contributed by atoms with Crippen LogP contribution in [0.3, 0.4) is 0 Å². The maximum Gasteiger partial charge on any atom is 0.306 e. The summed E-state index contributed by atoms with van der Waals surface area (Å²) in [4.78, 5) is 38.2. The summed E-state index contributed by atoms with van der Waals surface area (Å²) in [5.74, 6) is -1.05. The van der Waals surface area contributed by atoms with Gasteiger partial charge in [-0.3, -0.25) is 14.4 Å². The van der Waals surface area contributed by atoms with E-state index in [4.69, 9.17) is 14.2 Å². The van der Waals surface area contributed by atoms with E-state index in [1.807, 2.05) is 6.08 Å². The number of ether oxygens (including phenoxy) is 3. The SMILES string of the molecule is CCCCC/C=C\C/C=C\C/C=C\C/C=C\C/C=C\CCC(=O)OC[C@H](COC(=O)CCCCCCCCCCCCCCCCCCCCC)OC(=O)CCC/C=C\C/C=C\C/C=C\CCCCCCCC. The summed E-state index contributed by atoms with van der Waals surface area (Å²) in [5.41, 5.74) is 0. The van der Waals surface area contributed by atoms with Gasteiger partial charge in [0, 0.05) is 19.3 Å². The van der Waals surface area contributed by atoms with Gasteiger partial charge in [0.2, 0.25) is 0 Å². The number of esters is 3. The van der Waals surface area contributed by atoms with Gasteiger partial charge in [-0.2, -0.15) is 0 Å². The van der Waals surface area contributed by atoms with Crippen LogP contribution < -0.4 is 0 Å². The van der Waals surface area contributed by atoms with Crippen LogP contribution in [0, 0.1) is 0 Å². The van der Waals surface area contributed by atoms with Gasteiger partial charge in [-0.05, 0) is 89.9 Å². The molecule has 0 aromatic rings. The molecule has 0 bridgehead atoms. The molecule has 6 heteroatoms. The van der Waals surface area contributed by atoms with Crippen LogP contribution in [0.1, 0.15) is 290 Å². The van der Waals surface area contributed by atoms with Crippen LogP contribution in [0.2, 0.25) is 0 Å². The van der Waals surface area contributed by atoms with E-state index >= 15 is 0 Å². The van der Waals surface area contributed by atoms with Gasteiger partial charge in [-0.25, -0.2) is 0 Å². The minimum Gasteiger partial charge on any atom is -0.462 e. The monoisotopic (exact) mass is 1010 g/mol. The van der Waals surface area contributed by atoms with E-state index in [1.54, 1.807) is 0 Å². The summed E-state index contributed by atoms with van der Waals surface area (Å²) in [6.45, 7) is 6.52. The van der Waals surface area contributed by atoms with Gasteiger partial charge in [0.05, 0.1) is 0 Å². The van der Waals surface area contributed by atoms with E-state index in [0.29, 0.717) is 19.3 Å². The third-order valence-corrected chi connectivity index (χ3v) is 13.1. The fraction of sp³-hybridized carbons (Fsp3) is 0.716. The van der Waals surface area contributed by atoms with E-state index in [2.05, 4.69) is 112 Å². The highest BCUT2D eigenvalue weighted by molar-refractivity contribution is 5.71. The summed E-state index contributed by atoms with van der Waals surface area (Å²) in [7, 11) is 0. The molecule has 0 aromatic heterocycles. The number of rotatable bonds is 55. The Balaban J connectivity index is 4.53. The zero-order valence-electron chi connectivity index (χ0n) is 47.9. The van der Waals surface area contributed by atoms with Crippen LogP contribution in [0.4, 0.5) is 0 Å². The summed E-state index contributed by atoms with van der Waals surface area (Å²) in [6, 6.07) is 0. The third-order valence-electron chi connectivity index (χ3n) is 13.1. The molecule has 0 aromatic carbocycles. The van der Waals surface area contributed by atoms with Crippen LogP contribution in [-0.2, 0) is 28.6 Å². The second-order valence-corrected chi connectivity index (χ2v) is 20.3. The van der Waals surface area contributed by atoms with Crippen LogP contribution in [0.15, 0.2) is 97.2 Å². The van der Waals surface area contributed by atoms with Gasteiger partial charge in [0.1, 0.15) is 13.2 Å². The normalized spacial score (nSPS) is 12.8. The zero-order chi connectivity index (χ0) is 52.9. The molecular formula is C67H114O6. The molecular weight excluding hydrogens is 901 g/mol. The van der Waals surface area contributed by atoms with E-state index < -0.39 is 6.10 Å². The van der Waals surface area contributed by atoms with Gasteiger partial charge in [0.25, 0.3) is 0 Å². The molecule has 0 radical (unpaired) electrons. The minimum absolute atomic E-state index is 0.119. The van der Waals surface area contributed by atoms with Crippen LogP contribution >= 0.6 is 0 Å². The summed E-state index contributed by atoms with van der Waals surface area (Å²) < 4.78 is 16.8. The summed E-state index contributed by atoms with van der Waals surface area (Å²) in [6.07, 6.45) is 81.4. The Morgan fingerprint density at radius 2 is 0.534 bits per heavy atom. The van der Waals surface area contributed by atoms with E-state index in [0.717, 1.165) is 64.2 Å². The van der Waals surface area contributed by atoms with Gasteiger partial charge in [0.15, 0.2) is 6.10 Å². The number of hydrogen-bond donors (Lipinski definition) is 0. The lowest BCUT2D eigenvalue weighted by atomic mass is 10.0. The van der Waals surface area contributed by atoms with Crippen LogP contribution in [-0.4, -0.2) is 37.2 Å². The quantitative estimate of drug-likeness (QED) is 0.0261. The first kappa shape index (κ1) is 69.3. The van der Waals surface area contributed by atoms with Gasteiger partial charge in [-0.1, -0.05) is 279 Å². The van der Waals surface area contributed by atoms with Crippen molar-refractivity contribution < 1.29 is 28.6 Å². The molecule has 0 fully saturated rings. The molecule has 0 aliphatic heterocycles. The van der Waals surface area contributed by atoms with Crippen molar-refractivity contribution in [2.24, 2.45) is 0 Å². The van der Waals surface area contributed by atoms with Gasteiger partial charge in [-0.15, -0.1) is 0 Å². The molecule has 0 N–H and O–H groups in total. The number of carbonyl (C=O) groups is 3. The average molecular weight is 1020 g/mol. The molecule has 0 aliphatic carbocycles. The Hall–Kier alpha value is -3.67. The predicted molar refractivity (Wildman–Crippen MR) is 316 cm³/mol. The standard InChI is InChI=1S/C67H114O6/c1-4-7-10-13-16-19-22-25-28-31-33-36-38-41-44-47-50-53-56-59-65(68)71-62-64(73-67(70)61-58-55-52-49-46-43-40-35-30-27-24-21-18-15-12-9-6-3)63-72-66(69)60-57-54-51-48-45-42-39-37-34-32-29-26-23-20-17-14-11-8-5-2/h16,19,25,27-28,30,33,36,40-41,43-44,49-50,52-53,64H,4-15,17-18,20-24,26,29,31-32,34-35,37-39,42,45-48,51,54-63H2,1-3H3/b19-16-,28-25-,30-27-,36-33-,43-40-,44-41-,52-49-,53-50-/t64-/m1/s1. The Morgan fingerprint density at radius 1 is 0.274 bits per heavy atom. The van der Waals surface area contributed by atoms with Gasteiger partial charge < -0.3 is 14.2 Å². The highest BCUT2D eigenvalue weighted by Crippen LogP contribution is 2.16. The lowest BCUT2D eigenvalue weighted by Crippen LogP contribution is -2.30. The molecule has 0 aliphatic rings. The van der Waals surface area contributed by atoms with Crippen molar-refractivity contribution in [2.75, 3.05) is 13.2 Å². The maximum atomic E-state index is 12.9. The Labute approximate surface area is 451 Å². The van der Waals surface area contributed by atoms with Crippen molar-refractivity contribution in [3.63, 3.8) is 0 Å². The van der Waals surface area contributed by atoms with Crippen molar-refractivity contribution in [3.8, 4) is 0 Å². The van der Waals surface area contributed by atoms with E-state index in [9.17, 15) is 14.4 Å². The molecule has 0 unspecified atom stereocenters. The van der Waals surface area contributed by atoms with E-state index in [-0.39, 0.29) is 44.0 Å². The lowest BCUT2D eigenvalue weighted by Gasteiger charge is -2.18. The first-order chi connectivity index (χ1) is 36.0. The number of allylic oxidation sites excluding steroid dienone is 16. The highest BCUT2D eigenvalue weighted by atomic mass is 16.6. The van der Waals surface area contributed by atoms with Crippen molar-refractivity contribution in [2.45, 2.75) is 297 Å². The summed E-state index contributed by atoms with van der Waals surface area (Å²) >= 11 is 0. The highest BCUT2D eigenvalue weighted by Gasteiger charge is 2.19. The molecule has 0 rings (SSSR count). The maximum absolute atomic E-state index is 12.9. The fourth-order valence-corrected chi connectivity index (χ4v) is 8.44. The molecule has 1 atom stereocenters. The molecule has 0 amide bonds. The van der Waals surface area contributed by atoms with Crippen LogP contribution in [0.25, 0.3) is 0 Å². The second-order valence-electron chi connectivity index (χ2n) is 20.3. The topological polar surface area (TPSA) is 78.9 Å². The molecule has 0 heterocycles. The van der Waals surface area contributed by atoms with Crippen molar-refractivity contribution in [3.05, 3.63) is 97.2 Å². The molecule has 73 heavy (non-hydrogen) atoms. The van der Waals surface area contributed by atoms with Crippen molar-refractivity contribution >= 4 is 17.9 Å². The predicted octanol–water partition coefficient (Wildman–Crippen LogP) is 20.9. The lowest BCUT2D eigenvalue weighted by molar-refractivity contribution is -0.166. The molecule has 0 saturated heterocycles. The van der Waals surface area contributed by atoms with E-state index in [1.165, 1.54) is 173 Å². The van der Waals surface area contributed by atoms with Crippen LogP contribution in [0.5, 0.6) is 0 Å². The smallest absolute Gasteiger partial charge is 0.306 e. The average Bonchev–Trinajstić information content (AvgIpc) is 3.39. The Bertz CT molecular complexity index is 1440. The molecule has 0 spiro atoms. The molecule has 6 nitrogen and oxygen atoms in total. The Morgan fingerprint density at radius 3 is 0.918 bits per heavy atom. The van der Waals surface area contributed by atoms with Crippen molar-refractivity contribution in [1.29, 1.82) is 0 Å². The largest absolute Gasteiger partial charge is 0.462 e. The number of carbonyl (C=O) groups excluding carboxylic acids is 3. The first-order valence-corrected chi connectivity index (χ1v) is 30.7. The fourth-order valence-electron chi connectivity index (χ4n) is 8.44. The number of unbranched alkanes of at least 4 members (excludes halogenated alkanes) is 28. The molecule has 418 valence electrons. The van der Waals surface area contributed by atoms with Crippen molar-refractivity contribution in [1.82, 2.24) is 0 Å². The molecule has 0 saturated carbocycles. The number of hydrogen-bond acceptors (Lipinski definition) is 6. The first-order valence-electron chi connectivity index (χ1n) is 30.7.